The fourth-order valence-electron chi connectivity index (χ4n) is 2.61. The summed E-state index contributed by atoms with van der Waals surface area (Å²) in [5.41, 5.74) is 0.738. The molecule has 2 rings (SSSR count). The van der Waals surface area contributed by atoms with Crippen molar-refractivity contribution in [2.75, 3.05) is 13.1 Å². The van der Waals surface area contributed by atoms with Crippen LogP contribution in [0.5, 0.6) is 0 Å². The zero-order valence-corrected chi connectivity index (χ0v) is 12.1. The predicted octanol–water partition coefficient (Wildman–Crippen LogP) is 2.91. The van der Waals surface area contributed by atoms with E-state index in [9.17, 15) is 22.8 Å². The number of aliphatic carboxylic acids is 1. The number of halogens is 3. The molecule has 2 atom stereocenters. The van der Waals surface area contributed by atoms with Crippen molar-refractivity contribution >= 4 is 12.1 Å². The standard InChI is InChI=1S/C15H16F3NO4/c16-15(17,18)6-11-7-19(8-12(11)13(20)21)14(22)23-9-10-4-2-1-3-5-10/h1-5,11-12H,6-9H2,(H,20,21)/t11-,12-/m1/s1. The summed E-state index contributed by atoms with van der Waals surface area (Å²) in [5.74, 6) is -3.73. The number of hydrogen-bond acceptors (Lipinski definition) is 3. The number of rotatable bonds is 4. The molecule has 1 amide bonds. The van der Waals surface area contributed by atoms with Gasteiger partial charge < -0.3 is 14.7 Å². The second-order valence-corrected chi connectivity index (χ2v) is 5.47. The van der Waals surface area contributed by atoms with Gasteiger partial charge in [-0.1, -0.05) is 30.3 Å². The first-order valence-electron chi connectivity index (χ1n) is 7.01. The maximum absolute atomic E-state index is 12.5. The van der Waals surface area contributed by atoms with Gasteiger partial charge in [0.25, 0.3) is 0 Å². The number of benzene rings is 1. The first kappa shape index (κ1) is 17.1. The Morgan fingerprint density at radius 3 is 2.43 bits per heavy atom. The summed E-state index contributed by atoms with van der Waals surface area (Å²) in [7, 11) is 0. The number of ether oxygens (including phenoxy) is 1. The summed E-state index contributed by atoms with van der Waals surface area (Å²) in [6.45, 7) is -0.564. The first-order valence-corrected chi connectivity index (χ1v) is 7.01. The Balaban J connectivity index is 1.94. The lowest BCUT2D eigenvalue weighted by Gasteiger charge is -2.17. The number of nitrogens with zero attached hydrogens (tertiary/aromatic N) is 1. The molecule has 1 fully saturated rings. The molecule has 0 aromatic heterocycles. The largest absolute Gasteiger partial charge is 0.481 e. The summed E-state index contributed by atoms with van der Waals surface area (Å²) in [4.78, 5) is 24.1. The molecule has 0 spiro atoms. The fraction of sp³-hybridized carbons (Fsp3) is 0.467. The first-order chi connectivity index (χ1) is 10.8. The highest BCUT2D eigenvalue weighted by Gasteiger charge is 2.45. The summed E-state index contributed by atoms with van der Waals surface area (Å²) < 4.78 is 42.6. The van der Waals surface area contributed by atoms with Crippen molar-refractivity contribution in [1.82, 2.24) is 4.90 Å². The van der Waals surface area contributed by atoms with Crippen molar-refractivity contribution in [3.63, 3.8) is 0 Å². The Hall–Kier alpha value is -2.25. The molecule has 1 aliphatic heterocycles. The van der Waals surface area contributed by atoms with Crippen molar-refractivity contribution in [3.05, 3.63) is 35.9 Å². The smallest absolute Gasteiger partial charge is 0.410 e. The van der Waals surface area contributed by atoms with E-state index >= 15 is 0 Å². The third-order valence-electron chi connectivity index (χ3n) is 3.72. The van der Waals surface area contributed by atoms with E-state index in [-0.39, 0.29) is 19.7 Å². The molecule has 1 aromatic rings. The van der Waals surface area contributed by atoms with Crippen LogP contribution in [0.4, 0.5) is 18.0 Å². The highest BCUT2D eigenvalue weighted by molar-refractivity contribution is 5.74. The van der Waals surface area contributed by atoms with Gasteiger partial charge in [-0.15, -0.1) is 0 Å². The van der Waals surface area contributed by atoms with E-state index in [0.29, 0.717) is 0 Å². The van der Waals surface area contributed by atoms with Gasteiger partial charge in [0, 0.05) is 25.4 Å². The number of carbonyl (C=O) groups is 2. The van der Waals surface area contributed by atoms with Crippen molar-refractivity contribution < 1.29 is 32.6 Å². The Morgan fingerprint density at radius 1 is 1.22 bits per heavy atom. The molecule has 1 aromatic carbocycles. The van der Waals surface area contributed by atoms with Gasteiger partial charge in [0.1, 0.15) is 6.61 Å². The van der Waals surface area contributed by atoms with Crippen molar-refractivity contribution in [3.8, 4) is 0 Å². The van der Waals surface area contributed by atoms with Crippen molar-refractivity contribution in [2.24, 2.45) is 11.8 Å². The number of carboxylic acids is 1. The molecule has 0 unspecified atom stereocenters. The Morgan fingerprint density at radius 2 is 1.87 bits per heavy atom. The lowest BCUT2D eigenvalue weighted by atomic mass is 9.93. The molecule has 1 heterocycles. The Labute approximate surface area is 130 Å². The number of carbonyl (C=O) groups excluding carboxylic acids is 1. The minimum atomic E-state index is -4.47. The molecule has 0 aliphatic carbocycles. The molecule has 5 nitrogen and oxygen atoms in total. The average molecular weight is 331 g/mol. The van der Waals surface area contributed by atoms with Crippen LogP contribution in [0.1, 0.15) is 12.0 Å². The molecule has 126 valence electrons. The van der Waals surface area contributed by atoms with Crippen LogP contribution in [0.2, 0.25) is 0 Å². The number of likely N-dealkylation sites (tertiary alicyclic amines) is 1. The van der Waals surface area contributed by atoms with Gasteiger partial charge in [0.2, 0.25) is 0 Å². The number of amides is 1. The molecular formula is C15H16F3NO4. The van der Waals surface area contributed by atoms with Gasteiger partial charge in [0.15, 0.2) is 0 Å². The molecule has 1 N–H and O–H groups in total. The second kappa shape index (κ2) is 6.89. The van der Waals surface area contributed by atoms with Gasteiger partial charge in [-0.3, -0.25) is 4.79 Å². The van der Waals surface area contributed by atoms with Crippen LogP contribution in [-0.2, 0) is 16.1 Å². The van der Waals surface area contributed by atoms with Crippen molar-refractivity contribution in [1.29, 1.82) is 0 Å². The minimum Gasteiger partial charge on any atom is -0.481 e. The third-order valence-corrected chi connectivity index (χ3v) is 3.72. The Kier molecular flexibility index (Phi) is 5.12. The SMILES string of the molecule is O=C(O)[C@@H]1CN(C(=O)OCc2ccccc2)C[C@H]1CC(F)(F)F. The second-order valence-electron chi connectivity index (χ2n) is 5.47. The van der Waals surface area contributed by atoms with Crippen LogP contribution < -0.4 is 0 Å². The van der Waals surface area contributed by atoms with Crippen LogP contribution in [-0.4, -0.2) is 41.3 Å². The normalized spacial score (nSPS) is 21.3. The zero-order chi connectivity index (χ0) is 17.0. The monoisotopic (exact) mass is 331 g/mol. The highest BCUT2D eigenvalue weighted by Crippen LogP contribution is 2.34. The molecule has 1 aliphatic rings. The van der Waals surface area contributed by atoms with E-state index in [2.05, 4.69) is 0 Å². The van der Waals surface area contributed by atoms with Gasteiger partial charge in [-0.05, 0) is 5.56 Å². The van der Waals surface area contributed by atoms with E-state index in [1.165, 1.54) is 0 Å². The average Bonchev–Trinajstić information content (AvgIpc) is 2.88. The predicted molar refractivity (Wildman–Crippen MR) is 73.5 cm³/mol. The third kappa shape index (κ3) is 4.87. The summed E-state index contributed by atoms with van der Waals surface area (Å²) in [5, 5.41) is 9.04. The molecule has 8 heteroatoms. The van der Waals surface area contributed by atoms with E-state index < -0.39 is 36.5 Å². The topological polar surface area (TPSA) is 66.8 Å². The zero-order valence-electron chi connectivity index (χ0n) is 12.1. The summed E-state index contributed by atoms with van der Waals surface area (Å²) >= 11 is 0. The van der Waals surface area contributed by atoms with Crippen LogP contribution in [0.15, 0.2) is 30.3 Å². The van der Waals surface area contributed by atoms with Crippen LogP contribution in [0.25, 0.3) is 0 Å². The number of alkyl halides is 3. The van der Waals surface area contributed by atoms with Crippen molar-refractivity contribution in [2.45, 2.75) is 19.2 Å². The van der Waals surface area contributed by atoms with Crippen LogP contribution in [0, 0.1) is 11.8 Å². The van der Waals surface area contributed by atoms with E-state index in [1.807, 2.05) is 0 Å². The van der Waals surface area contributed by atoms with E-state index in [4.69, 9.17) is 9.84 Å². The lowest BCUT2D eigenvalue weighted by Crippen LogP contribution is -2.30. The number of carboxylic acid groups (broad SMARTS) is 1. The highest BCUT2D eigenvalue weighted by atomic mass is 19.4. The van der Waals surface area contributed by atoms with Gasteiger partial charge in [0.05, 0.1) is 5.92 Å². The maximum atomic E-state index is 12.5. The summed E-state index contributed by atoms with van der Waals surface area (Å²) in [6.07, 6.45) is -6.50. The molecule has 1 saturated heterocycles. The lowest BCUT2D eigenvalue weighted by molar-refractivity contribution is -0.154. The van der Waals surface area contributed by atoms with E-state index in [0.717, 1.165) is 10.5 Å². The van der Waals surface area contributed by atoms with Crippen LogP contribution >= 0.6 is 0 Å². The molecule has 0 bridgehead atoms. The Bertz CT molecular complexity index is 562. The summed E-state index contributed by atoms with van der Waals surface area (Å²) in [6, 6.07) is 8.80. The number of hydrogen-bond donors (Lipinski definition) is 1. The van der Waals surface area contributed by atoms with Gasteiger partial charge in [-0.2, -0.15) is 13.2 Å². The fourth-order valence-corrected chi connectivity index (χ4v) is 2.61. The molecule has 0 radical (unpaired) electrons. The molecular weight excluding hydrogens is 315 g/mol. The quantitative estimate of drug-likeness (QED) is 0.921. The molecule has 23 heavy (non-hydrogen) atoms. The van der Waals surface area contributed by atoms with E-state index in [1.54, 1.807) is 30.3 Å². The molecule has 0 saturated carbocycles. The van der Waals surface area contributed by atoms with Gasteiger partial charge >= 0.3 is 18.2 Å². The maximum Gasteiger partial charge on any atom is 0.410 e. The van der Waals surface area contributed by atoms with Crippen LogP contribution in [0.3, 0.4) is 0 Å². The minimum absolute atomic E-state index is 0.0160. The van der Waals surface area contributed by atoms with Gasteiger partial charge in [-0.25, -0.2) is 4.79 Å².